The number of ether oxygens (including phenoxy) is 2. The fourth-order valence-electron chi connectivity index (χ4n) is 3.38. The highest BCUT2D eigenvalue weighted by molar-refractivity contribution is 5.44. The average Bonchev–Trinajstić information content (AvgIpc) is 2.69. The highest BCUT2D eigenvalue weighted by atomic mass is 16.5. The van der Waals surface area contributed by atoms with Crippen molar-refractivity contribution in [1.29, 1.82) is 0 Å². The van der Waals surface area contributed by atoms with Gasteiger partial charge in [0, 0.05) is 18.1 Å². The minimum atomic E-state index is -0.416. The van der Waals surface area contributed by atoms with Gasteiger partial charge in [0.05, 0.1) is 13.2 Å². The Morgan fingerprint density at radius 1 is 1.44 bits per heavy atom. The largest absolute Gasteiger partial charge is 0.497 e. The second kappa shape index (κ2) is 4.16. The van der Waals surface area contributed by atoms with Crippen molar-refractivity contribution in [3.63, 3.8) is 0 Å². The van der Waals surface area contributed by atoms with E-state index >= 15 is 0 Å². The summed E-state index contributed by atoms with van der Waals surface area (Å²) in [7, 11) is 1.65. The lowest BCUT2D eigenvalue weighted by Crippen LogP contribution is -2.43. The van der Waals surface area contributed by atoms with E-state index in [0.29, 0.717) is 12.3 Å². The van der Waals surface area contributed by atoms with Gasteiger partial charge in [0.1, 0.15) is 17.1 Å². The van der Waals surface area contributed by atoms with Gasteiger partial charge < -0.3 is 14.6 Å². The normalized spacial score (nSPS) is 34.2. The van der Waals surface area contributed by atoms with Crippen LogP contribution >= 0.6 is 0 Å². The second-order valence-electron chi connectivity index (χ2n) is 5.58. The van der Waals surface area contributed by atoms with Crippen LogP contribution in [0.15, 0.2) is 18.2 Å². The number of hydrogen-bond acceptors (Lipinski definition) is 3. The lowest BCUT2D eigenvalue weighted by Gasteiger charge is -2.41. The van der Waals surface area contributed by atoms with E-state index in [9.17, 15) is 5.11 Å². The predicted octanol–water partition coefficient (Wildman–Crippen LogP) is 3.07. The Balaban J connectivity index is 1.99. The van der Waals surface area contributed by atoms with E-state index in [-0.39, 0.29) is 5.60 Å². The minimum absolute atomic E-state index is 0.168. The molecule has 2 aliphatic rings. The van der Waals surface area contributed by atoms with Gasteiger partial charge in [-0.3, -0.25) is 0 Å². The average molecular weight is 248 g/mol. The molecule has 1 aliphatic carbocycles. The van der Waals surface area contributed by atoms with Crippen molar-refractivity contribution in [2.45, 2.75) is 44.3 Å². The van der Waals surface area contributed by atoms with E-state index in [2.05, 4.69) is 6.92 Å². The predicted molar refractivity (Wildman–Crippen MR) is 68.9 cm³/mol. The Morgan fingerprint density at radius 2 is 2.28 bits per heavy atom. The van der Waals surface area contributed by atoms with Gasteiger partial charge >= 0.3 is 0 Å². The first-order valence-corrected chi connectivity index (χ1v) is 6.70. The SMILES string of the molecule is COc1ccc2c(c1)OC1(CCCC1C)C[C@@H]2O. The Bertz CT molecular complexity index is 457. The molecule has 1 saturated carbocycles. The standard InChI is InChI=1S/C15H20O3/c1-10-4-3-7-15(10)9-13(16)12-6-5-11(17-2)8-14(12)18-15/h5-6,8,10,13,16H,3-4,7,9H2,1-2H3/t10?,13-,15?/m0/s1. The van der Waals surface area contributed by atoms with E-state index in [4.69, 9.17) is 9.47 Å². The summed E-state index contributed by atoms with van der Waals surface area (Å²) in [6.45, 7) is 2.23. The minimum Gasteiger partial charge on any atom is -0.497 e. The quantitative estimate of drug-likeness (QED) is 0.830. The van der Waals surface area contributed by atoms with Crippen LogP contribution in [0.4, 0.5) is 0 Å². The lowest BCUT2D eigenvalue weighted by molar-refractivity contribution is -0.0357. The molecule has 0 amide bonds. The van der Waals surface area contributed by atoms with Crippen LogP contribution in [0, 0.1) is 5.92 Å². The maximum atomic E-state index is 10.3. The van der Waals surface area contributed by atoms with Crippen LogP contribution in [-0.2, 0) is 0 Å². The van der Waals surface area contributed by atoms with E-state index in [1.165, 1.54) is 12.8 Å². The maximum Gasteiger partial charge on any atom is 0.129 e. The highest BCUT2D eigenvalue weighted by Gasteiger charge is 2.47. The summed E-state index contributed by atoms with van der Waals surface area (Å²) in [5.74, 6) is 2.08. The molecule has 1 aromatic rings. The molecule has 1 aromatic carbocycles. The van der Waals surface area contributed by atoms with Crippen molar-refractivity contribution in [1.82, 2.24) is 0 Å². The molecule has 0 bridgehead atoms. The highest BCUT2D eigenvalue weighted by Crippen LogP contribution is 2.50. The first-order chi connectivity index (χ1) is 8.64. The molecule has 1 fully saturated rings. The molecule has 3 heteroatoms. The molecule has 0 saturated heterocycles. The Hall–Kier alpha value is -1.22. The van der Waals surface area contributed by atoms with E-state index in [1.807, 2.05) is 18.2 Å². The molecule has 98 valence electrons. The molecule has 2 unspecified atom stereocenters. The molecule has 0 aromatic heterocycles. The number of hydrogen-bond donors (Lipinski definition) is 1. The molecule has 0 radical (unpaired) electrons. The van der Waals surface area contributed by atoms with Crippen molar-refractivity contribution >= 4 is 0 Å². The van der Waals surface area contributed by atoms with Gasteiger partial charge in [0.15, 0.2) is 0 Å². The van der Waals surface area contributed by atoms with Crippen LogP contribution in [0.5, 0.6) is 11.5 Å². The number of fused-ring (bicyclic) bond motifs is 1. The van der Waals surface area contributed by atoms with E-state index in [1.54, 1.807) is 7.11 Å². The molecule has 1 heterocycles. The fraction of sp³-hybridized carbons (Fsp3) is 0.600. The maximum absolute atomic E-state index is 10.3. The van der Waals surface area contributed by atoms with Gasteiger partial charge in [0.25, 0.3) is 0 Å². The third-order valence-electron chi connectivity index (χ3n) is 4.57. The molecule has 1 N–H and O–H groups in total. The molecular weight excluding hydrogens is 228 g/mol. The molecule has 18 heavy (non-hydrogen) atoms. The summed E-state index contributed by atoms with van der Waals surface area (Å²) < 4.78 is 11.5. The number of methoxy groups -OCH3 is 1. The van der Waals surface area contributed by atoms with Crippen LogP contribution < -0.4 is 9.47 Å². The summed E-state index contributed by atoms with van der Waals surface area (Å²) in [4.78, 5) is 0. The van der Waals surface area contributed by atoms with Crippen molar-refractivity contribution in [3.05, 3.63) is 23.8 Å². The van der Waals surface area contributed by atoms with Gasteiger partial charge in [-0.25, -0.2) is 0 Å². The number of aliphatic hydroxyl groups excluding tert-OH is 1. The Morgan fingerprint density at radius 3 is 2.94 bits per heavy atom. The number of benzene rings is 1. The molecule has 1 aliphatic heterocycles. The van der Waals surface area contributed by atoms with E-state index < -0.39 is 6.10 Å². The second-order valence-corrected chi connectivity index (χ2v) is 5.58. The third kappa shape index (κ3) is 1.69. The summed E-state index contributed by atoms with van der Waals surface area (Å²) in [6.07, 6.45) is 3.72. The Labute approximate surface area is 108 Å². The topological polar surface area (TPSA) is 38.7 Å². The molecule has 3 nitrogen and oxygen atoms in total. The Kier molecular flexibility index (Phi) is 2.74. The van der Waals surface area contributed by atoms with Crippen LogP contribution in [-0.4, -0.2) is 17.8 Å². The van der Waals surface area contributed by atoms with Crippen molar-refractivity contribution < 1.29 is 14.6 Å². The van der Waals surface area contributed by atoms with Crippen LogP contribution in [0.3, 0.4) is 0 Å². The van der Waals surface area contributed by atoms with Crippen LogP contribution in [0.1, 0.15) is 44.3 Å². The molecule has 3 atom stereocenters. The fourth-order valence-corrected chi connectivity index (χ4v) is 3.38. The first-order valence-electron chi connectivity index (χ1n) is 6.70. The van der Waals surface area contributed by atoms with Crippen LogP contribution in [0.2, 0.25) is 0 Å². The lowest BCUT2D eigenvalue weighted by atomic mass is 9.82. The van der Waals surface area contributed by atoms with Crippen molar-refractivity contribution in [2.24, 2.45) is 5.92 Å². The summed E-state index contributed by atoms with van der Waals surface area (Å²) in [6, 6.07) is 5.68. The van der Waals surface area contributed by atoms with E-state index in [0.717, 1.165) is 23.5 Å². The van der Waals surface area contributed by atoms with Gasteiger partial charge in [0.2, 0.25) is 0 Å². The summed E-state index contributed by atoms with van der Waals surface area (Å²) in [5.41, 5.74) is 0.721. The smallest absolute Gasteiger partial charge is 0.129 e. The third-order valence-corrected chi connectivity index (χ3v) is 4.57. The van der Waals surface area contributed by atoms with Gasteiger partial charge in [-0.05, 0) is 37.3 Å². The summed E-state index contributed by atoms with van der Waals surface area (Å²) in [5, 5.41) is 10.3. The summed E-state index contributed by atoms with van der Waals surface area (Å²) >= 11 is 0. The molecular formula is C15H20O3. The first kappa shape index (κ1) is 11.8. The molecule has 3 rings (SSSR count). The zero-order valence-corrected chi connectivity index (χ0v) is 11.0. The van der Waals surface area contributed by atoms with Gasteiger partial charge in [-0.1, -0.05) is 6.92 Å². The van der Waals surface area contributed by atoms with Gasteiger partial charge in [-0.2, -0.15) is 0 Å². The van der Waals surface area contributed by atoms with Crippen LogP contribution in [0.25, 0.3) is 0 Å². The number of aliphatic hydroxyl groups is 1. The van der Waals surface area contributed by atoms with Crippen molar-refractivity contribution in [3.8, 4) is 11.5 Å². The van der Waals surface area contributed by atoms with Crippen molar-refractivity contribution in [2.75, 3.05) is 7.11 Å². The van der Waals surface area contributed by atoms with Gasteiger partial charge in [-0.15, -0.1) is 0 Å². The molecule has 1 spiro atoms. The zero-order valence-electron chi connectivity index (χ0n) is 11.0. The number of rotatable bonds is 1. The monoisotopic (exact) mass is 248 g/mol. The zero-order chi connectivity index (χ0) is 12.8.